The van der Waals surface area contributed by atoms with E-state index in [1.54, 1.807) is 0 Å². The SMILES string of the molecule is CCCC[C@H](NS(=O)(=O)N1CCC(C)CC1)C(=O)O. The molecule has 0 unspecified atom stereocenters. The summed E-state index contributed by atoms with van der Waals surface area (Å²) in [5, 5.41) is 9.06. The highest BCUT2D eigenvalue weighted by Crippen LogP contribution is 2.18. The standard InChI is InChI=1S/C12H24N2O4S/c1-3-4-5-11(12(15)16)13-19(17,18)14-8-6-10(2)7-9-14/h10-11,13H,3-9H2,1-2H3,(H,15,16)/t11-/m0/s1. The molecule has 1 atom stereocenters. The summed E-state index contributed by atoms with van der Waals surface area (Å²) in [5.74, 6) is -0.579. The van der Waals surface area contributed by atoms with Crippen LogP contribution in [-0.4, -0.2) is 42.9 Å². The van der Waals surface area contributed by atoms with E-state index in [-0.39, 0.29) is 0 Å². The maximum absolute atomic E-state index is 12.1. The minimum atomic E-state index is -3.68. The van der Waals surface area contributed by atoms with Crippen molar-refractivity contribution in [2.45, 2.75) is 52.0 Å². The predicted octanol–water partition coefficient (Wildman–Crippen LogP) is 1.20. The fraction of sp³-hybridized carbons (Fsp3) is 0.917. The van der Waals surface area contributed by atoms with Gasteiger partial charge in [0.05, 0.1) is 0 Å². The molecule has 1 aliphatic rings. The van der Waals surface area contributed by atoms with Crippen LogP contribution in [0.15, 0.2) is 0 Å². The lowest BCUT2D eigenvalue weighted by molar-refractivity contribution is -0.139. The fourth-order valence-corrected chi connectivity index (χ4v) is 3.54. The Morgan fingerprint density at radius 2 is 2.00 bits per heavy atom. The minimum Gasteiger partial charge on any atom is -0.480 e. The van der Waals surface area contributed by atoms with Gasteiger partial charge < -0.3 is 5.11 Å². The number of carboxylic acid groups (broad SMARTS) is 1. The first kappa shape index (κ1) is 16.4. The summed E-state index contributed by atoms with van der Waals surface area (Å²) in [7, 11) is -3.68. The molecule has 0 amide bonds. The van der Waals surface area contributed by atoms with Crippen LogP contribution in [0.1, 0.15) is 46.0 Å². The lowest BCUT2D eigenvalue weighted by Gasteiger charge is -2.30. The van der Waals surface area contributed by atoms with Gasteiger partial charge in [0.2, 0.25) is 0 Å². The third kappa shape index (κ3) is 5.08. The first-order chi connectivity index (χ1) is 8.86. The predicted molar refractivity (Wildman–Crippen MR) is 73.0 cm³/mol. The van der Waals surface area contributed by atoms with Crippen molar-refractivity contribution >= 4 is 16.2 Å². The molecule has 0 aromatic carbocycles. The Bertz CT molecular complexity index is 389. The van der Waals surface area contributed by atoms with Gasteiger partial charge in [-0.25, -0.2) is 0 Å². The lowest BCUT2D eigenvalue weighted by Crippen LogP contribution is -2.50. The van der Waals surface area contributed by atoms with E-state index in [0.29, 0.717) is 31.8 Å². The molecule has 0 bridgehead atoms. The van der Waals surface area contributed by atoms with E-state index in [9.17, 15) is 13.2 Å². The fourth-order valence-electron chi connectivity index (χ4n) is 2.12. The second-order valence-corrected chi connectivity index (χ2v) is 6.94. The zero-order valence-electron chi connectivity index (χ0n) is 11.6. The van der Waals surface area contributed by atoms with Gasteiger partial charge in [0.1, 0.15) is 6.04 Å². The Balaban J connectivity index is 2.63. The Kier molecular flexibility index (Phi) is 6.22. The van der Waals surface area contributed by atoms with Gasteiger partial charge in [-0.05, 0) is 25.2 Å². The van der Waals surface area contributed by atoms with Crippen molar-refractivity contribution in [2.75, 3.05) is 13.1 Å². The van der Waals surface area contributed by atoms with Crippen LogP contribution in [0.25, 0.3) is 0 Å². The number of hydrogen-bond acceptors (Lipinski definition) is 3. The summed E-state index contributed by atoms with van der Waals surface area (Å²) >= 11 is 0. The number of carboxylic acids is 1. The molecule has 0 aromatic rings. The number of nitrogens with one attached hydrogen (secondary N) is 1. The summed E-state index contributed by atoms with van der Waals surface area (Å²) in [6, 6.07) is -1.02. The number of hydrogen-bond donors (Lipinski definition) is 2. The van der Waals surface area contributed by atoms with Gasteiger partial charge in [-0.3, -0.25) is 4.79 Å². The molecule has 1 aliphatic heterocycles. The van der Waals surface area contributed by atoms with Gasteiger partial charge in [-0.2, -0.15) is 17.4 Å². The molecule has 0 saturated carbocycles. The zero-order chi connectivity index (χ0) is 14.5. The summed E-state index contributed by atoms with van der Waals surface area (Å²) in [5.41, 5.74) is 0. The van der Waals surface area contributed by atoms with Gasteiger partial charge in [0.15, 0.2) is 0 Å². The molecule has 0 radical (unpaired) electrons. The van der Waals surface area contributed by atoms with Gasteiger partial charge in [0, 0.05) is 13.1 Å². The van der Waals surface area contributed by atoms with E-state index in [1.165, 1.54) is 4.31 Å². The van der Waals surface area contributed by atoms with E-state index in [4.69, 9.17) is 5.11 Å². The summed E-state index contributed by atoms with van der Waals surface area (Å²) in [4.78, 5) is 11.1. The highest BCUT2D eigenvalue weighted by atomic mass is 32.2. The highest BCUT2D eigenvalue weighted by Gasteiger charge is 2.30. The number of piperidine rings is 1. The van der Waals surface area contributed by atoms with Crippen LogP contribution in [0.4, 0.5) is 0 Å². The van der Waals surface area contributed by atoms with Crippen molar-refractivity contribution < 1.29 is 18.3 Å². The smallest absolute Gasteiger partial charge is 0.321 e. The average Bonchev–Trinajstić information content (AvgIpc) is 2.34. The van der Waals surface area contributed by atoms with E-state index >= 15 is 0 Å². The number of unbranched alkanes of at least 4 members (excludes halogenated alkanes) is 1. The van der Waals surface area contributed by atoms with Crippen molar-refractivity contribution in [3.8, 4) is 0 Å². The molecule has 0 aromatic heterocycles. The van der Waals surface area contributed by atoms with Crippen molar-refractivity contribution in [3.63, 3.8) is 0 Å². The van der Waals surface area contributed by atoms with E-state index in [0.717, 1.165) is 19.3 Å². The Morgan fingerprint density at radius 3 is 2.47 bits per heavy atom. The average molecular weight is 292 g/mol. The molecule has 1 saturated heterocycles. The molecule has 19 heavy (non-hydrogen) atoms. The molecule has 6 nitrogen and oxygen atoms in total. The largest absolute Gasteiger partial charge is 0.480 e. The molecular weight excluding hydrogens is 268 g/mol. The summed E-state index contributed by atoms with van der Waals surface area (Å²) < 4.78 is 27.9. The van der Waals surface area contributed by atoms with Gasteiger partial charge in [0.25, 0.3) is 10.2 Å². The summed E-state index contributed by atoms with van der Waals surface area (Å²) in [6.45, 7) is 4.98. The Hall–Kier alpha value is -0.660. The van der Waals surface area contributed by atoms with Gasteiger partial charge >= 0.3 is 5.97 Å². The van der Waals surface area contributed by atoms with Gasteiger partial charge in [-0.1, -0.05) is 26.7 Å². The molecule has 1 fully saturated rings. The number of aliphatic carboxylic acids is 1. The number of carbonyl (C=O) groups is 1. The van der Waals surface area contributed by atoms with Crippen LogP contribution in [-0.2, 0) is 15.0 Å². The van der Waals surface area contributed by atoms with Crippen LogP contribution < -0.4 is 4.72 Å². The first-order valence-corrected chi connectivity index (χ1v) is 8.31. The van der Waals surface area contributed by atoms with Crippen LogP contribution in [0.2, 0.25) is 0 Å². The Labute approximate surface area is 115 Å². The van der Waals surface area contributed by atoms with Crippen LogP contribution in [0, 0.1) is 5.92 Å². The monoisotopic (exact) mass is 292 g/mol. The van der Waals surface area contributed by atoms with Crippen molar-refractivity contribution in [1.82, 2.24) is 9.03 Å². The molecule has 1 rings (SSSR count). The third-order valence-electron chi connectivity index (χ3n) is 3.52. The minimum absolute atomic E-state index is 0.329. The van der Waals surface area contributed by atoms with Crippen molar-refractivity contribution in [2.24, 2.45) is 5.92 Å². The maximum Gasteiger partial charge on any atom is 0.321 e. The van der Waals surface area contributed by atoms with Gasteiger partial charge in [-0.15, -0.1) is 0 Å². The van der Waals surface area contributed by atoms with E-state index in [1.807, 2.05) is 6.92 Å². The number of nitrogens with zero attached hydrogens (tertiary/aromatic N) is 1. The molecule has 0 spiro atoms. The second kappa shape index (κ2) is 7.21. The molecule has 2 N–H and O–H groups in total. The topological polar surface area (TPSA) is 86.7 Å². The maximum atomic E-state index is 12.1. The van der Waals surface area contributed by atoms with E-state index in [2.05, 4.69) is 11.6 Å². The highest BCUT2D eigenvalue weighted by molar-refractivity contribution is 7.87. The van der Waals surface area contributed by atoms with E-state index < -0.39 is 22.2 Å². The molecule has 7 heteroatoms. The lowest BCUT2D eigenvalue weighted by atomic mass is 10.0. The third-order valence-corrected chi connectivity index (χ3v) is 5.15. The quantitative estimate of drug-likeness (QED) is 0.738. The molecule has 112 valence electrons. The Morgan fingerprint density at radius 1 is 1.42 bits per heavy atom. The zero-order valence-corrected chi connectivity index (χ0v) is 12.4. The molecular formula is C12H24N2O4S. The molecule has 0 aliphatic carbocycles. The van der Waals surface area contributed by atoms with Crippen LogP contribution in [0.3, 0.4) is 0 Å². The number of rotatable bonds is 7. The van der Waals surface area contributed by atoms with Crippen LogP contribution >= 0.6 is 0 Å². The normalized spacial score (nSPS) is 20.3. The first-order valence-electron chi connectivity index (χ1n) is 6.87. The second-order valence-electron chi connectivity index (χ2n) is 5.24. The summed E-state index contributed by atoms with van der Waals surface area (Å²) in [6.07, 6.45) is 3.51. The van der Waals surface area contributed by atoms with Crippen LogP contribution in [0.5, 0.6) is 0 Å². The molecule has 1 heterocycles. The van der Waals surface area contributed by atoms with Crippen molar-refractivity contribution in [3.05, 3.63) is 0 Å². The van der Waals surface area contributed by atoms with Crippen molar-refractivity contribution in [1.29, 1.82) is 0 Å².